The summed E-state index contributed by atoms with van der Waals surface area (Å²) < 4.78 is 5.28. The van der Waals surface area contributed by atoms with Crippen LogP contribution in [-0.2, 0) is 22.5 Å². The van der Waals surface area contributed by atoms with Crippen LogP contribution in [0.5, 0.6) is 0 Å². The Kier molecular flexibility index (Phi) is 6.57. The average molecular weight is 369 g/mol. The maximum absolute atomic E-state index is 12.3. The highest BCUT2D eigenvalue weighted by Crippen LogP contribution is 2.12. The van der Waals surface area contributed by atoms with E-state index in [1.165, 1.54) is 5.56 Å². The summed E-state index contributed by atoms with van der Waals surface area (Å²) in [7, 11) is 0. The van der Waals surface area contributed by atoms with Crippen LogP contribution in [0.15, 0.2) is 54.6 Å². The first-order chi connectivity index (χ1) is 12.7. The van der Waals surface area contributed by atoms with E-state index in [0.717, 1.165) is 11.3 Å². The highest BCUT2D eigenvalue weighted by molar-refractivity contribution is 7.80. The van der Waals surface area contributed by atoms with E-state index < -0.39 is 0 Å². The number of nitrogens with zero attached hydrogens (tertiary/aromatic N) is 1. The summed E-state index contributed by atoms with van der Waals surface area (Å²) in [5.41, 5.74) is 3.07. The van der Waals surface area contributed by atoms with E-state index in [9.17, 15) is 4.79 Å². The van der Waals surface area contributed by atoms with Crippen molar-refractivity contribution in [1.82, 2.24) is 10.2 Å². The highest BCUT2D eigenvalue weighted by Gasteiger charge is 2.16. The molecule has 0 bridgehead atoms. The second kappa shape index (κ2) is 9.31. The fourth-order valence-electron chi connectivity index (χ4n) is 2.76. The molecule has 0 aliphatic carbocycles. The third-order valence-corrected chi connectivity index (χ3v) is 4.47. The van der Waals surface area contributed by atoms with Gasteiger partial charge in [-0.2, -0.15) is 0 Å². The van der Waals surface area contributed by atoms with E-state index in [4.69, 9.17) is 17.0 Å². The molecule has 6 heteroatoms. The number of amides is 1. The van der Waals surface area contributed by atoms with Crippen molar-refractivity contribution in [1.29, 1.82) is 0 Å². The molecule has 2 aromatic rings. The van der Waals surface area contributed by atoms with Gasteiger partial charge >= 0.3 is 0 Å². The molecule has 0 spiro atoms. The quantitative estimate of drug-likeness (QED) is 0.794. The number of benzene rings is 2. The first-order valence-electron chi connectivity index (χ1n) is 8.74. The molecule has 2 N–H and O–H groups in total. The molecule has 0 atom stereocenters. The van der Waals surface area contributed by atoms with Gasteiger partial charge < -0.3 is 20.3 Å². The second-order valence-corrected chi connectivity index (χ2v) is 6.57. The lowest BCUT2D eigenvalue weighted by atomic mass is 10.1. The molecular weight excluding hydrogens is 346 g/mol. The fourth-order valence-corrected chi connectivity index (χ4v) is 2.95. The van der Waals surface area contributed by atoms with Gasteiger partial charge in [0.15, 0.2) is 5.11 Å². The van der Waals surface area contributed by atoms with Gasteiger partial charge in [-0.3, -0.25) is 4.79 Å². The topological polar surface area (TPSA) is 53.6 Å². The molecule has 0 saturated carbocycles. The lowest BCUT2D eigenvalue weighted by molar-refractivity contribution is -0.134. The molecule has 0 unspecified atom stereocenters. The van der Waals surface area contributed by atoms with Crippen molar-refractivity contribution in [2.75, 3.05) is 31.6 Å². The Hall–Kier alpha value is -2.44. The highest BCUT2D eigenvalue weighted by atomic mass is 32.1. The maximum atomic E-state index is 12.3. The molecular formula is C20H23N3O2S. The molecule has 0 radical (unpaired) electrons. The fraction of sp³-hybridized carbons (Fsp3) is 0.300. The van der Waals surface area contributed by atoms with Crippen molar-refractivity contribution < 1.29 is 9.53 Å². The van der Waals surface area contributed by atoms with E-state index in [-0.39, 0.29) is 5.91 Å². The Morgan fingerprint density at radius 1 is 1.00 bits per heavy atom. The minimum atomic E-state index is 0.147. The number of rotatable bonds is 5. The van der Waals surface area contributed by atoms with Crippen molar-refractivity contribution in [2.24, 2.45) is 0 Å². The van der Waals surface area contributed by atoms with Crippen molar-refractivity contribution >= 4 is 28.9 Å². The second-order valence-electron chi connectivity index (χ2n) is 6.16. The van der Waals surface area contributed by atoms with E-state index in [1.807, 2.05) is 47.4 Å². The number of thiocarbonyl (C=S) groups is 1. The minimum absolute atomic E-state index is 0.147. The summed E-state index contributed by atoms with van der Waals surface area (Å²) >= 11 is 5.33. The van der Waals surface area contributed by atoms with Crippen LogP contribution in [0.25, 0.3) is 0 Å². The zero-order valence-electron chi connectivity index (χ0n) is 14.6. The summed E-state index contributed by atoms with van der Waals surface area (Å²) in [6, 6.07) is 17.9. The molecule has 5 nitrogen and oxygen atoms in total. The summed E-state index contributed by atoms with van der Waals surface area (Å²) in [6.07, 6.45) is 0.414. The Labute approximate surface area is 159 Å². The summed E-state index contributed by atoms with van der Waals surface area (Å²) in [5.74, 6) is 0.147. The van der Waals surface area contributed by atoms with E-state index >= 15 is 0 Å². The van der Waals surface area contributed by atoms with E-state index in [1.54, 1.807) is 0 Å². The van der Waals surface area contributed by atoms with Crippen LogP contribution < -0.4 is 10.6 Å². The minimum Gasteiger partial charge on any atom is -0.378 e. The van der Waals surface area contributed by atoms with E-state index in [0.29, 0.717) is 44.4 Å². The first kappa shape index (κ1) is 18.4. The molecule has 1 heterocycles. The zero-order chi connectivity index (χ0) is 18.2. The molecule has 0 aromatic heterocycles. The lowest BCUT2D eigenvalue weighted by Gasteiger charge is -2.26. The van der Waals surface area contributed by atoms with Crippen molar-refractivity contribution in [3.05, 3.63) is 65.7 Å². The smallest absolute Gasteiger partial charge is 0.227 e. The summed E-state index contributed by atoms with van der Waals surface area (Å²) in [4.78, 5) is 14.1. The Morgan fingerprint density at radius 3 is 2.38 bits per heavy atom. The number of carbonyl (C=O) groups is 1. The summed E-state index contributed by atoms with van der Waals surface area (Å²) in [6.45, 7) is 3.29. The molecule has 1 saturated heterocycles. The normalized spacial score (nSPS) is 13.9. The molecule has 136 valence electrons. The average Bonchev–Trinajstić information content (AvgIpc) is 2.69. The Morgan fingerprint density at radius 2 is 1.69 bits per heavy atom. The molecule has 1 amide bonds. The van der Waals surface area contributed by atoms with Gasteiger partial charge in [-0.1, -0.05) is 42.5 Å². The van der Waals surface area contributed by atoms with Gasteiger partial charge in [0.05, 0.1) is 19.6 Å². The van der Waals surface area contributed by atoms with Gasteiger partial charge in [-0.25, -0.2) is 0 Å². The third kappa shape index (κ3) is 5.54. The first-order valence-corrected chi connectivity index (χ1v) is 9.15. The van der Waals surface area contributed by atoms with Crippen LogP contribution in [0.1, 0.15) is 11.1 Å². The van der Waals surface area contributed by atoms with Crippen LogP contribution in [-0.4, -0.2) is 42.2 Å². The number of morpholine rings is 1. The third-order valence-electron chi connectivity index (χ3n) is 4.23. The van der Waals surface area contributed by atoms with Gasteiger partial charge in [-0.05, 0) is 35.5 Å². The van der Waals surface area contributed by atoms with Gasteiger partial charge in [-0.15, -0.1) is 0 Å². The van der Waals surface area contributed by atoms with Gasteiger partial charge in [0.1, 0.15) is 0 Å². The summed E-state index contributed by atoms with van der Waals surface area (Å²) in [5, 5.41) is 6.92. The molecule has 26 heavy (non-hydrogen) atoms. The Balaban J connectivity index is 1.46. The van der Waals surface area contributed by atoms with Crippen LogP contribution in [0.3, 0.4) is 0 Å². The number of hydrogen-bond acceptors (Lipinski definition) is 3. The number of hydrogen-bond donors (Lipinski definition) is 2. The van der Waals surface area contributed by atoms with Crippen LogP contribution >= 0.6 is 12.2 Å². The van der Waals surface area contributed by atoms with Gasteiger partial charge in [0.2, 0.25) is 5.91 Å². The van der Waals surface area contributed by atoms with Crippen molar-refractivity contribution in [2.45, 2.75) is 13.0 Å². The van der Waals surface area contributed by atoms with Crippen molar-refractivity contribution in [3.8, 4) is 0 Å². The van der Waals surface area contributed by atoms with Gasteiger partial charge in [0, 0.05) is 25.3 Å². The van der Waals surface area contributed by atoms with Crippen molar-refractivity contribution in [3.63, 3.8) is 0 Å². The number of carbonyl (C=O) groups excluding carboxylic acids is 1. The SMILES string of the molecule is O=C(Cc1ccc(NC(=S)NCc2ccccc2)cc1)N1CCOCC1. The number of ether oxygens (including phenoxy) is 1. The van der Waals surface area contributed by atoms with Gasteiger partial charge in [0.25, 0.3) is 0 Å². The molecule has 3 rings (SSSR count). The van der Waals surface area contributed by atoms with E-state index in [2.05, 4.69) is 22.8 Å². The van der Waals surface area contributed by atoms with Crippen LogP contribution in [0.2, 0.25) is 0 Å². The van der Waals surface area contributed by atoms with Crippen LogP contribution in [0.4, 0.5) is 5.69 Å². The van der Waals surface area contributed by atoms with Crippen LogP contribution in [0, 0.1) is 0 Å². The molecule has 1 aliphatic rings. The monoisotopic (exact) mass is 369 g/mol. The number of nitrogens with one attached hydrogen (secondary N) is 2. The predicted octanol–water partition coefficient (Wildman–Crippen LogP) is 2.57. The predicted molar refractivity (Wildman–Crippen MR) is 107 cm³/mol. The lowest BCUT2D eigenvalue weighted by Crippen LogP contribution is -2.41. The maximum Gasteiger partial charge on any atom is 0.227 e. The number of anilines is 1. The largest absolute Gasteiger partial charge is 0.378 e. The molecule has 1 aliphatic heterocycles. The molecule has 2 aromatic carbocycles. The standard InChI is InChI=1S/C20H23N3O2S/c24-19(23-10-12-25-13-11-23)14-16-6-8-18(9-7-16)22-20(26)21-15-17-4-2-1-3-5-17/h1-9H,10-15H2,(H2,21,22,26). The zero-order valence-corrected chi connectivity index (χ0v) is 15.4. The Bertz CT molecular complexity index is 728. The molecule has 1 fully saturated rings.